The van der Waals surface area contributed by atoms with Gasteiger partial charge in [-0.05, 0) is 13.8 Å². The second kappa shape index (κ2) is 3.53. The van der Waals surface area contributed by atoms with E-state index < -0.39 is 0 Å². The van der Waals surface area contributed by atoms with Crippen molar-refractivity contribution in [1.82, 2.24) is 19.9 Å². The largest absolute Gasteiger partial charge is 0.352 e. The summed E-state index contributed by atoms with van der Waals surface area (Å²) in [5.74, 6) is 0.591. The molecule has 5 nitrogen and oxygen atoms in total. The zero-order chi connectivity index (χ0) is 9.97. The normalized spacial score (nSPS) is 10.8. The van der Waals surface area contributed by atoms with Crippen LogP contribution in [0, 0.1) is 0 Å². The second-order valence-corrected chi connectivity index (χ2v) is 3.26. The summed E-state index contributed by atoms with van der Waals surface area (Å²) < 4.78 is 0. The van der Waals surface area contributed by atoms with E-state index in [0.717, 1.165) is 0 Å². The summed E-state index contributed by atoms with van der Waals surface area (Å²) in [4.78, 5) is 16.5. The molecule has 0 aromatic carbocycles. The fourth-order valence-electron chi connectivity index (χ4n) is 1.10. The standard InChI is InChI=1S/C9H11N5/c1-6(2)13-9-12-5-7-8(14-9)11-4-3-10-7/h3-6H,1-2H3,(H,11,12,13,14). The topological polar surface area (TPSA) is 63.6 Å². The fraction of sp³-hybridized carbons (Fsp3) is 0.333. The van der Waals surface area contributed by atoms with E-state index in [2.05, 4.69) is 25.3 Å². The van der Waals surface area contributed by atoms with Crippen molar-refractivity contribution < 1.29 is 0 Å². The van der Waals surface area contributed by atoms with Gasteiger partial charge in [0.25, 0.3) is 0 Å². The Labute approximate surface area is 81.6 Å². The molecule has 72 valence electrons. The first-order valence-corrected chi connectivity index (χ1v) is 4.46. The highest BCUT2D eigenvalue weighted by Gasteiger charge is 2.01. The van der Waals surface area contributed by atoms with Gasteiger partial charge in [0.15, 0.2) is 5.65 Å². The minimum Gasteiger partial charge on any atom is -0.352 e. The summed E-state index contributed by atoms with van der Waals surface area (Å²) in [5.41, 5.74) is 1.33. The molecule has 0 amide bonds. The van der Waals surface area contributed by atoms with Crippen molar-refractivity contribution >= 4 is 17.1 Å². The van der Waals surface area contributed by atoms with Crippen molar-refractivity contribution in [2.45, 2.75) is 19.9 Å². The molecule has 2 heterocycles. The summed E-state index contributed by atoms with van der Waals surface area (Å²) >= 11 is 0. The maximum absolute atomic E-state index is 4.22. The molecule has 2 rings (SSSR count). The Morgan fingerprint density at radius 3 is 2.71 bits per heavy atom. The Morgan fingerprint density at radius 2 is 1.93 bits per heavy atom. The van der Waals surface area contributed by atoms with Crippen LogP contribution >= 0.6 is 0 Å². The molecule has 0 unspecified atom stereocenters. The first-order valence-electron chi connectivity index (χ1n) is 4.46. The van der Waals surface area contributed by atoms with Gasteiger partial charge in [-0.15, -0.1) is 0 Å². The van der Waals surface area contributed by atoms with Gasteiger partial charge in [0.05, 0.1) is 6.20 Å². The molecule has 2 aromatic heterocycles. The van der Waals surface area contributed by atoms with Crippen LogP contribution < -0.4 is 5.32 Å². The molecule has 14 heavy (non-hydrogen) atoms. The number of nitrogens with zero attached hydrogens (tertiary/aromatic N) is 4. The van der Waals surface area contributed by atoms with Crippen molar-refractivity contribution in [3.63, 3.8) is 0 Å². The number of rotatable bonds is 2. The molecule has 0 aliphatic carbocycles. The van der Waals surface area contributed by atoms with Gasteiger partial charge in [-0.3, -0.25) is 0 Å². The van der Waals surface area contributed by atoms with Gasteiger partial charge in [-0.25, -0.2) is 15.0 Å². The van der Waals surface area contributed by atoms with E-state index in [1.807, 2.05) is 13.8 Å². The Hall–Kier alpha value is -1.78. The van der Waals surface area contributed by atoms with E-state index in [-0.39, 0.29) is 0 Å². The van der Waals surface area contributed by atoms with Crippen LogP contribution in [0.1, 0.15) is 13.8 Å². The minimum atomic E-state index is 0.309. The van der Waals surface area contributed by atoms with Crippen LogP contribution in [0.3, 0.4) is 0 Å². The van der Waals surface area contributed by atoms with Gasteiger partial charge in [-0.1, -0.05) is 0 Å². The average Bonchev–Trinajstić information content (AvgIpc) is 2.17. The molecule has 0 saturated heterocycles. The molecule has 0 aliphatic heterocycles. The van der Waals surface area contributed by atoms with E-state index in [9.17, 15) is 0 Å². The van der Waals surface area contributed by atoms with Crippen LogP contribution in [-0.2, 0) is 0 Å². The van der Waals surface area contributed by atoms with Crippen LogP contribution in [0.2, 0.25) is 0 Å². The third kappa shape index (κ3) is 1.76. The molecule has 1 N–H and O–H groups in total. The van der Waals surface area contributed by atoms with Crippen molar-refractivity contribution in [2.75, 3.05) is 5.32 Å². The quantitative estimate of drug-likeness (QED) is 0.770. The lowest BCUT2D eigenvalue weighted by Gasteiger charge is -2.07. The number of aromatic nitrogens is 4. The number of hydrogen-bond donors (Lipinski definition) is 1. The summed E-state index contributed by atoms with van der Waals surface area (Å²) in [6.45, 7) is 4.06. The Kier molecular flexibility index (Phi) is 2.22. The van der Waals surface area contributed by atoms with Crippen molar-refractivity contribution in [3.05, 3.63) is 18.6 Å². The molecular formula is C9H11N5. The first-order chi connectivity index (χ1) is 6.75. The highest BCUT2D eigenvalue weighted by Crippen LogP contribution is 2.06. The van der Waals surface area contributed by atoms with Crippen LogP contribution in [-0.4, -0.2) is 26.0 Å². The fourth-order valence-corrected chi connectivity index (χ4v) is 1.10. The molecule has 0 aliphatic rings. The number of fused-ring (bicyclic) bond motifs is 1. The van der Waals surface area contributed by atoms with Crippen molar-refractivity contribution in [1.29, 1.82) is 0 Å². The Bertz CT molecular complexity index is 440. The maximum Gasteiger partial charge on any atom is 0.225 e. The van der Waals surface area contributed by atoms with Crippen LogP contribution in [0.25, 0.3) is 11.2 Å². The van der Waals surface area contributed by atoms with Crippen molar-refractivity contribution in [2.24, 2.45) is 0 Å². The highest BCUT2D eigenvalue weighted by atomic mass is 15.1. The lowest BCUT2D eigenvalue weighted by atomic mass is 10.4. The van der Waals surface area contributed by atoms with E-state index in [4.69, 9.17) is 0 Å². The predicted octanol–water partition coefficient (Wildman–Crippen LogP) is 1.24. The van der Waals surface area contributed by atoms with Crippen molar-refractivity contribution in [3.8, 4) is 0 Å². The number of hydrogen-bond acceptors (Lipinski definition) is 5. The van der Waals surface area contributed by atoms with Gasteiger partial charge in [0, 0.05) is 18.4 Å². The van der Waals surface area contributed by atoms with Gasteiger partial charge in [-0.2, -0.15) is 4.98 Å². The van der Waals surface area contributed by atoms with Gasteiger partial charge >= 0.3 is 0 Å². The first kappa shape index (κ1) is 8.80. The zero-order valence-electron chi connectivity index (χ0n) is 8.10. The van der Waals surface area contributed by atoms with E-state index in [0.29, 0.717) is 23.2 Å². The Morgan fingerprint density at radius 1 is 1.14 bits per heavy atom. The Balaban J connectivity index is 2.41. The summed E-state index contributed by atoms with van der Waals surface area (Å²) in [6.07, 6.45) is 4.91. The molecule has 0 atom stereocenters. The average molecular weight is 189 g/mol. The molecule has 2 aromatic rings. The lowest BCUT2D eigenvalue weighted by Crippen LogP contribution is -2.12. The molecule has 0 radical (unpaired) electrons. The molecule has 0 spiro atoms. The smallest absolute Gasteiger partial charge is 0.225 e. The van der Waals surface area contributed by atoms with Gasteiger partial charge in [0.2, 0.25) is 5.95 Å². The lowest BCUT2D eigenvalue weighted by molar-refractivity contribution is 0.876. The van der Waals surface area contributed by atoms with E-state index >= 15 is 0 Å². The number of anilines is 1. The summed E-state index contributed by atoms with van der Waals surface area (Å²) in [5, 5.41) is 3.11. The van der Waals surface area contributed by atoms with Crippen LogP contribution in [0.15, 0.2) is 18.6 Å². The second-order valence-electron chi connectivity index (χ2n) is 3.26. The third-order valence-electron chi connectivity index (χ3n) is 1.64. The van der Waals surface area contributed by atoms with Gasteiger partial charge in [0.1, 0.15) is 5.52 Å². The molecule has 0 saturated carbocycles. The van der Waals surface area contributed by atoms with E-state index in [1.165, 1.54) is 0 Å². The molecule has 0 fully saturated rings. The third-order valence-corrected chi connectivity index (χ3v) is 1.64. The minimum absolute atomic E-state index is 0.309. The zero-order valence-corrected chi connectivity index (χ0v) is 8.10. The molecule has 0 bridgehead atoms. The monoisotopic (exact) mass is 189 g/mol. The van der Waals surface area contributed by atoms with Crippen LogP contribution in [0.4, 0.5) is 5.95 Å². The molecular weight excluding hydrogens is 178 g/mol. The maximum atomic E-state index is 4.22. The summed E-state index contributed by atoms with van der Waals surface area (Å²) in [7, 11) is 0. The summed E-state index contributed by atoms with van der Waals surface area (Å²) in [6, 6.07) is 0.309. The van der Waals surface area contributed by atoms with E-state index in [1.54, 1.807) is 18.6 Å². The predicted molar refractivity (Wildman–Crippen MR) is 53.9 cm³/mol. The number of nitrogens with one attached hydrogen (secondary N) is 1. The van der Waals surface area contributed by atoms with Crippen LogP contribution in [0.5, 0.6) is 0 Å². The SMILES string of the molecule is CC(C)Nc1ncc2nccnc2n1. The highest BCUT2D eigenvalue weighted by molar-refractivity contribution is 5.68. The van der Waals surface area contributed by atoms with Gasteiger partial charge < -0.3 is 5.32 Å². The molecule has 5 heteroatoms.